The lowest BCUT2D eigenvalue weighted by Gasteiger charge is -2.09. The van der Waals surface area contributed by atoms with Crippen molar-refractivity contribution in [3.05, 3.63) is 59.7 Å². The van der Waals surface area contributed by atoms with E-state index in [4.69, 9.17) is 10.5 Å². The number of rotatable bonds is 4. The first kappa shape index (κ1) is 16.1. The smallest absolute Gasteiger partial charge is 0.120 e. The van der Waals surface area contributed by atoms with Crippen molar-refractivity contribution >= 4 is 5.69 Å². The molecule has 0 atom stereocenters. The van der Waals surface area contributed by atoms with Gasteiger partial charge < -0.3 is 10.5 Å². The zero-order chi connectivity index (χ0) is 14.8. The van der Waals surface area contributed by atoms with E-state index in [1.165, 1.54) is 12.0 Å². The van der Waals surface area contributed by atoms with E-state index < -0.39 is 0 Å². The highest BCUT2D eigenvalue weighted by Crippen LogP contribution is 2.21. The van der Waals surface area contributed by atoms with Gasteiger partial charge in [-0.25, -0.2) is 0 Å². The van der Waals surface area contributed by atoms with Crippen molar-refractivity contribution in [2.24, 2.45) is 0 Å². The summed E-state index contributed by atoms with van der Waals surface area (Å²) < 4.78 is 5.73. The Kier molecular flexibility index (Phi) is 7.26. The molecule has 20 heavy (non-hydrogen) atoms. The minimum Gasteiger partial charge on any atom is -0.489 e. The number of hydrogen-bond donors (Lipinski definition) is 1. The van der Waals surface area contributed by atoms with Crippen molar-refractivity contribution in [2.75, 3.05) is 5.73 Å². The number of benzene rings is 2. The molecule has 0 spiro atoms. The fraction of sp³-hybridized carbons (Fsp3) is 0.333. The van der Waals surface area contributed by atoms with Crippen LogP contribution in [0.15, 0.2) is 48.5 Å². The molecule has 0 heterocycles. The van der Waals surface area contributed by atoms with Crippen molar-refractivity contribution in [1.82, 2.24) is 0 Å². The van der Waals surface area contributed by atoms with Crippen LogP contribution in [0.25, 0.3) is 0 Å². The highest BCUT2D eigenvalue weighted by molar-refractivity contribution is 5.50. The van der Waals surface area contributed by atoms with Crippen molar-refractivity contribution in [3.63, 3.8) is 0 Å². The van der Waals surface area contributed by atoms with Crippen LogP contribution in [0, 0.1) is 0 Å². The number of hydrogen-bond acceptors (Lipinski definition) is 2. The molecule has 0 aliphatic heterocycles. The Bertz CT molecular complexity index is 494. The second kappa shape index (κ2) is 9.03. The highest BCUT2D eigenvalue weighted by Gasteiger charge is 2.00. The maximum Gasteiger partial charge on any atom is 0.120 e. The average molecular weight is 271 g/mol. The van der Waals surface area contributed by atoms with Crippen molar-refractivity contribution in [2.45, 2.75) is 40.2 Å². The second-order valence-electron chi connectivity index (χ2n) is 4.70. The summed E-state index contributed by atoms with van der Waals surface area (Å²) in [5.74, 6) is 0.875. The lowest BCUT2D eigenvalue weighted by Crippen LogP contribution is -1.97. The molecule has 0 aromatic heterocycles. The maximum atomic E-state index is 5.85. The van der Waals surface area contributed by atoms with Gasteiger partial charge in [0.1, 0.15) is 12.4 Å². The Morgan fingerprint density at radius 2 is 1.60 bits per heavy atom. The maximum absolute atomic E-state index is 5.85. The van der Waals surface area contributed by atoms with E-state index in [9.17, 15) is 0 Å². The SMILES string of the molecule is CCC.CCc1cc(OCc2ccccc2)ccc1N. The summed E-state index contributed by atoms with van der Waals surface area (Å²) in [6, 6.07) is 16.0. The summed E-state index contributed by atoms with van der Waals surface area (Å²) in [7, 11) is 0. The van der Waals surface area contributed by atoms with Gasteiger partial charge >= 0.3 is 0 Å². The topological polar surface area (TPSA) is 35.2 Å². The Morgan fingerprint density at radius 1 is 0.950 bits per heavy atom. The molecule has 0 amide bonds. The van der Waals surface area contributed by atoms with Gasteiger partial charge in [-0.3, -0.25) is 0 Å². The van der Waals surface area contributed by atoms with Crippen LogP contribution in [-0.2, 0) is 13.0 Å². The fourth-order valence-corrected chi connectivity index (χ4v) is 1.72. The molecule has 0 bridgehead atoms. The van der Waals surface area contributed by atoms with Crippen LogP contribution >= 0.6 is 0 Å². The van der Waals surface area contributed by atoms with E-state index in [2.05, 4.69) is 32.9 Å². The third-order valence-corrected chi connectivity index (χ3v) is 2.74. The number of nitrogens with two attached hydrogens (primary N) is 1. The Labute approximate surface area is 122 Å². The lowest BCUT2D eigenvalue weighted by molar-refractivity contribution is 0.306. The van der Waals surface area contributed by atoms with Crippen LogP contribution in [-0.4, -0.2) is 0 Å². The van der Waals surface area contributed by atoms with Crippen molar-refractivity contribution in [3.8, 4) is 5.75 Å². The van der Waals surface area contributed by atoms with Gasteiger partial charge in [-0.05, 0) is 35.7 Å². The molecule has 0 aliphatic carbocycles. The van der Waals surface area contributed by atoms with Crippen molar-refractivity contribution < 1.29 is 4.74 Å². The average Bonchev–Trinajstić information content (AvgIpc) is 2.48. The molecule has 2 aromatic carbocycles. The molecule has 0 saturated carbocycles. The Hall–Kier alpha value is -1.96. The predicted molar refractivity (Wildman–Crippen MR) is 87.0 cm³/mol. The summed E-state index contributed by atoms with van der Waals surface area (Å²) in [6.45, 7) is 6.93. The standard InChI is InChI=1S/C15H17NO.C3H8/c1-2-13-10-14(8-9-15(13)16)17-11-12-6-4-3-5-7-12;1-3-2/h3-10H,2,11,16H2,1H3;3H2,1-2H3. The first-order valence-electron chi connectivity index (χ1n) is 7.26. The summed E-state index contributed by atoms with van der Waals surface area (Å²) in [4.78, 5) is 0. The number of nitrogen functional groups attached to an aromatic ring is 1. The normalized spacial score (nSPS) is 9.55. The van der Waals surface area contributed by atoms with Crippen LogP contribution in [0.2, 0.25) is 0 Å². The third-order valence-electron chi connectivity index (χ3n) is 2.74. The molecular formula is C18H25NO. The number of ether oxygens (including phenoxy) is 1. The van der Waals surface area contributed by atoms with Crippen LogP contribution in [0.3, 0.4) is 0 Å². The quantitative estimate of drug-likeness (QED) is 0.809. The molecule has 2 rings (SSSR count). The second-order valence-corrected chi connectivity index (χ2v) is 4.70. The lowest BCUT2D eigenvalue weighted by atomic mass is 10.1. The molecular weight excluding hydrogens is 246 g/mol. The van der Waals surface area contributed by atoms with Crippen LogP contribution in [0.4, 0.5) is 5.69 Å². The molecule has 0 saturated heterocycles. The number of aryl methyl sites for hydroxylation is 1. The molecule has 2 N–H and O–H groups in total. The predicted octanol–water partition coefficient (Wildman–Crippen LogP) is 4.83. The summed E-state index contributed by atoms with van der Waals surface area (Å²) in [5, 5.41) is 0. The molecule has 0 fully saturated rings. The van der Waals surface area contributed by atoms with Crippen molar-refractivity contribution in [1.29, 1.82) is 0 Å². The van der Waals surface area contributed by atoms with Gasteiger partial charge in [-0.1, -0.05) is 57.5 Å². The van der Waals surface area contributed by atoms with Gasteiger partial charge in [-0.2, -0.15) is 0 Å². The van der Waals surface area contributed by atoms with E-state index in [1.807, 2.05) is 36.4 Å². The van der Waals surface area contributed by atoms with E-state index in [1.54, 1.807) is 0 Å². The fourth-order valence-electron chi connectivity index (χ4n) is 1.72. The van der Waals surface area contributed by atoms with Gasteiger partial charge in [0.05, 0.1) is 0 Å². The third kappa shape index (κ3) is 5.35. The number of anilines is 1. The first-order chi connectivity index (χ1) is 9.71. The first-order valence-corrected chi connectivity index (χ1v) is 7.26. The Balaban J connectivity index is 0.000000612. The van der Waals surface area contributed by atoms with Gasteiger partial charge in [0, 0.05) is 5.69 Å². The zero-order valence-corrected chi connectivity index (χ0v) is 12.7. The summed E-state index contributed by atoms with van der Waals surface area (Å²) in [5.41, 5.74) is 8.99. The van der Waals surface area contributed by atoms with Crippen LogP contribution in [0.1, 0.15) is 38.3 Å². The molecule has 2 nitrogen and oxygen atoms in total. The minimum atomic E-state index is 0.591. The van der Waals surface area contributed by atoms with Gasteiger partial charge in [-0.15, -0.1) is 0 Å². The minimum absolute atomic E-state index is 0.591. The molecule has 108 valence electrons. The molecule has 0 unspecified atom stereocenters. The largest absolute Gasteiger partial charge is 0.489 e. The van der Waals surface area contributed by atoms with Gasteiger partial charge in [0.15, 0.2) is 0 Å². The van der Waals surface area contributed by atoms with E-state index in [-0.39, 0.29) is 0 Å². The monoisotopic (exact) mass is 271 g/mol. The molecule has 0 aliphatic rings. The van der Waals surface area contributed by atoms with Crippen LogP contribution < -0.4 is 10.5 Å². The summed E-state index contributed by atoms with van der Waals surface area (Å²) >= 11 is 0. The van der Waals surface area contributed by atoms with E-state index >= 15 is 0 Å². The zero-order valence-electron chi connectivity index (χ0n) is 12.7. The molecule has 2 aromatic rings. The van der Waals surface area contributed by atoms with Gasteiger partial charge in [0.2, 0.25) is 0 Å². The summed E-state index contributed by atoms with van der Waals surface area (Å²) in [6.07, 6.45) is 2.17. The molecule has 2 heteroatoms. The molecule has 0 radical (unpaired) electrons. The Morgan fingerprint density at radius 3 is 2.20 bits per heavy atom. The van der Waals surface area contributed by atoms with E-state index in [0.29, 0.717) is 6.61 Å². The highest BCUT2D eigenvalue weighted by atomic mass is 16.5. The van der Waals surface area contributed by atoms with E-state index in [0.717, 1.165) is 23.4 Å². The van der Waals surface area contributed by atoms with Gasteiger partial charge in [0.25, 0.3) is 0 Å². The van der Waals surface area contributed by atoms with Crippen LogP contribution in [0.5, 0.6) is 5.75 Å².